The second-order valence-electron chi connectivity index (χ2n) is 7.63. The van der Waals surface area contributed by atoms with E-state index in [1.165, 1.54) is 0 Å². The predicted molar refractivity (Wildman–Crippen MR) is 127 cm³/mol. The molecule has 0 spiro atoms. The number of hydrogen-bond acceptors (Lipinski definition) is 7. The highest BCUT2D eigenvalue weighted by Crippen LogP contribution is 2.22. The van der Waals surface area contributed by atoms with Gasteiger partial charge >= 0.3 is 0 Å². The summed E-state index contributed by atoms with van der Waals surface area (Å²) in [5.41, 5.74) is 8.14. The topological polar surface area (TPSA) is 104 Å². The molecule has 0 fully saturated rings. The molecule has 0 bridgehead atoms. The first-order chi connectivity index (χ1) is 16.0. The number of benzene rings is 3. The van der Waals surface area contributed by atoms with Crippen LogP contribution < -0.4 is 20.5 Å². The number of aromatic nitrogens is 3. The molecule has 3 aromatic carbocycles. The summed E-state index contributed by atoms with van der Waals surface area (Å²) in [5, 5.41) is 7.30. The summed E-state index contributed by atoms with van der Waals surface area (Å²) < 4.78 is 12.6. The van der Waals surface area contributed by atoms with Crippen LogP contribution >= 0.6 is 0 Å². The molecule has 1 aromatic heterocycles. The van der Waals surface area contributed by atoms with Crippen LogP contribution in [-0.2, 0) is 6.61 Å². The molecular formula is C25H25N5O3. The van der Waals surface area contributed by atoms with E-state index in [0.29, 0.717) is 29.4 Å². The van der Waals surface area contributed by atoms with E-state index in [2.05, 4.69) is 15.4 Å². The Morgan fingerprint density at radius 3 is 2.55 bits per heavy atom. The molecule has 0 aliphatic rings. The summed E-state index contributed by atoms with van der Waals surface area (Å²) in [5.74, 6) is 1.07. The number of hydrogen-bond donors (Lipinski definition) is 2. The zero-order valence-corrected chi connectivity index (χ0v) is 18.4. The Balaban J connectivity index is 1.46. The lowest BCUT2D eigenvalue weighted by atomic mass is 10.2. The summed E-state index contributed by atoms with van der Waals surface area (Å²) in [7, 11) is 0. The van der Waals surface area contributed by atoms with Gasteiger partial charge in [0.05, 0.1) is 6.10 Å². The van der Waals surface area contributed by atoms with Crippen LogP contribution in [0, 0.1) is 0 Å². The molecule has 0 radical (unpaired) electrons. The summed E-state index contributed by atoms with van der Waals surface area (Å²) >= 11 is 0. The van der Waals surface area contributed by atoms with Crippen LogP contribution in [-0.4, -0.2) is 26.8 Å². The summed E-state index contributed by atoms with van der Waals surface area (Å²) in [6.07, 6.45) is -0.00460. The Morgan fingerprint density at radius 2 is 1.76 bits per heavy atom. The van der Waals surface area contributed by atoms with Crippen molar-refractivity contribution in [2.75, 3.05) is 11.1 Å². The third-order valence-electron chi connectivity index (χ3n) is 4.62. The van der Waals surface area contributed by atoms with Crippen molar-refractivity contribution >= 4 is 23.5 Å². The molecular weight excluding hydrogens is 418 g/mol. The Morgan fingerprint density at radius 1 is 1.00 bits per heavy atom. The maximum Gasteiger partial charge on any atom is 0.281 e. The maximum atomic E-state index is 12.9. The Bertz CT molecular complexity index is 1240. The highest BCUT2D eigenvalue weighted by atomic mass is 16.5. The Labute approximate surface area is 192 Å². The highest BCUT2D eigenvalue weighted by Gasteiger charge is 2.17. The van der Waals surface area contributed by atoms with Crippen LogP contribution in [0.4, 0.5) is 17.6 Å². The molecule has 8 nitrogen and oxygen atoms in total. The lowest BCUT2D eigenvalue weighted by molar-refractivity contribution is 0.0947. The molecule has 3 N–H and O–H groups in total. The van der Waals surface area contributed by atoms with Crippen molar-refractivity contribution in [2.24, 2.45) is 0 Å². The fourth-order valence-electron chi connectivity index (χ4n) is 3.16. The van der Waals surface area contributed by atoms with Crippen molar-refractivity contribution in [3.63, 3.8) is 0 Å². The molecule has 0 saturated carbocycles. The van der Waals surface area contributed by atoms with E-state index in [9.17, 15) is 4.79 Å². The Kier molecular flexibility index (Phi) is 6.54. The minimum Gasteiger partial charge on any atom is -0.491 e. The number of carbonyl (C=O) groups excluding carboxylic acids is 1. The molecule has 8 heteroatoms. The second kappa shape index (κ2) is 9.86. The van der Waals surface area contributed by atoms with E-state index in [-0.39, 0.29) is 18.0 Å². The second-order valence-corrected chi connectivity index (χ2v) is 7.63. The summed E-state index contributed by atoms with van der Waals surface area (Å²) in [6, 6.07) is 24.2. The molecule has 0 atom stereocenters. The Hall–Kier alpha value is -4.33. The van der Waals surface area contributed by atoms with E-state index >= 15 is 0 Å². The fourth-order valence-corrected chi connectivity index (χ4v) is 3.16. The predicted octanol–water partition coefficient (Wildman–Crippen LogP) is 4.66. The van der Waals surface area contributed by atoms with Crippen molar-refractivity contribution in [3.8, 4) is 11.5 Å². The molecule has 0 amide bonds. The number of anilines is 3. The zero-order chi connectivity index (χ0) is 23.2. The van der Waals surface area contributed by atoms with E-state index in [1.54, 1.807) is 24.3 Å². The summed E-state index contributed by atoms with van der Waals surface area (Å²) in [4.78, 5) is 17.1. The molecule has 0 saturated heterocycles. The van der Waals surface area contributed by atoms with Gasteiger partial charge in [-0.3, -0.25) is 4.79 Å². The number of nitrogens with one attached hydrogen (secondary N) is 1. The van der Waals surface area contributed by atoms with Crippen molar-refractivity contribution in [1.82, 2.24) is 14.8 Å². The third kappa shape index (κ3) is 5.68. The molecule has 0 unspecified atom stereocenters. The van der Waals surface area contributed by atoms with E-state index < -0.39 is 5.91 Å². The quantitative estimate of drug-likeness (QED) is 0.408. The fraction of sp³-hybridized carbons (Fsp3) is 0.160. The van der Waals surface area contributed by atoms with Gasteiger partial charge in [-0.15, -0.1) is 5.10 Å². The molecule has 0 aliphatic carbocycles. The van der Waals surface area contributed by atoms with Crippen LogP contribution in [0.2, 0.25) is 0 Å². The zero-order valence-electron chi connectivity index (χ0n) is 18.4. The SMILES string of the molecule is CC(C)Oc1cccc(C(=O)n2nc(Nc3cccc(OCc4ccccc4)c3)nc2N)c1. The van der Waals surface area contributed by atoms with E-state index in [0.717, 1.165) is 10.2 Å². The van der Waals surface area contributed by atoms with Crippen LogP contribution in [0.3, 0.4) is 0 Å². The molecule has 4 aromatic rings. The van der Waals surface area contributed by atoms with Gasteiger partial charge in [0.1, 0.15) is 18.1 Å². The maximum absolute atomic E-state index is 12.9. The molecule has 168 valence electrons. The molecule has 4 rings (SSSR count). The number of ether oxygens (including phenoxy) is 2. The van der Waals surface area contributed by atoms with Crippen LogP contribution in [0.1, 0.15) is 29.8 Å². The number of nitrogens with two attached hydrogens (primary N) is 1. The van der Waals surface area contributed by atoms with Gasteiger partial charge in [-0.25, -0.2) is 0 Å². The van der Waals surface area contributed by atoms with Gasteiger partial charge in [0, 0.05) is 17.3 Å². The third-order valence-corrected chi connectivity index (χ3v) is 4.62. The van der Waals surface area contributed by atoms with Crippen molar-refractivity contribution in [3.05, 3.63) is 90.0 Å². The largest absolute Gasteiger partial charge is 0.491 e. The van der Waals surface area contributed by atoms with Gasteiger partial charge < -0.3 is 20.5 Å². The van der Waals surface area contributed by atoms with Gasteiger partial charge in [0.25, 0.3) is 5.91 Å². The first-order valence-electron chi connectivity index (χ1n) is 10.6. The van der Waals surface area contributed by atoms with Gasteiger partial charge in [0.2, 0.25) is 11.9 Å². The first kappa shape index (κ1) is 21.9. The minimum atomic E-state index is -0.401. The highest BCUT2D eigenvalue weighted by molar-refractivity contribution is 5.97. The van der Waals surface area contributed by atoms with Crippen LogP contribution in [0.5, 0.6) is 11.5 Å². The van der Waals surface area contributed by atoms with E-state index in [1.807, 2.05) is 68.4 Å². The van der Waals surface area contributed by atoms with Gasteiger partial charge in [-0.1, -0.05) is 42.5 Å². The smallest absolute Gasteiger partial charge is 0.281 e. The number of nitrogens with zero attached hydrogens (tertiary/aromatic N) is 3. The average molecular weight is 444 g/mol. The van der Waals surface area contributed by atoms with E-state index in [4.69, 9.17) is 15.2 Å². The van der Waals surface area contributed by atoms with Crippen LogP contribution in [0.15, 0.2) is 78.9 Å². The number of rotatable bonds is 8. The van der Waals surface area contributed by atoms with Crippen molar-refractivity contribution in [2.45, 2.75) is 26.6 Å². The number of nitrogen functional groups attached to an aromatic ring is 1. The average Bonchev–Trinajstić information content (AvgIpc) is 3.17. The minimum absolute atomic E-state index is 0.00460. The van der Waals surface area contributed by atoms with Crippen molar-refractivity contribution < 1.29 is 14.3 Å². The summed E-state index contributed by atoms with van der Waals surface area (Å²) in [6.45, 7) is 4.30. The van der Waals surface area contributed by atoms with Crippen LogP contribution in [0.25, 0.3) is 0 Å². The molecule has 1 heterocycles. The standard InChI is InChI=1S/C25H25N5O3/c1-17(2)33-22-13-6-10-19(14-22)23(31)30-24(26)28-25(29-30)27-20-11-7-12-21(15-20)32-16-18-8-4-3-5-9-18/h3-15,17H,16H2,1-2H3,(H3,26,27,28,29). The van der Waals surface area contributed by atoms with Crippen molar-refractivity contribution in [1.29, 1.82) is 0 Å². The normalized spacial score (nSPS) is 10.8. The molecule has 33 heavy (non-hydrogen) atoms. The lowest BCUT2D eigenvalue weighted by Crippen LogP contribution is -2.16. The first-order valence-corrected chi connectivity index (χ1v) is 10.6. The molecule has 0 aliphatic heterocycles. The monoisotopic (exact) mass is 443 g/mol. The number of carbonyl (C=O) groups is 1. The lowest BCUT2D eigenvalue weighted by Gasteiger charge is -2.10. The van der Waals surface area contributed by atoms with Gasteiger partial charge in [-0.05, 0) is 49.7 Å². The van der Waals surface area contributed by atoms with Gasteiger partial charge in [0.15, 0.2) is 0 Å². The van der Waals surface area contributed by atoms with Gasteiger partial charge in [-0.2, -0.15) is 9.67 Å².